The van der Waals surface area contributed by atoms with Crippen LogP contribution in [-0.4, -0.2) is 7.11 Å². The molecule has 2 N–H and O–H groups in total. The van der Waals surface area contributed by atoms with Crippen molar-refractivity contribution in [3.8, 4) is 17.2 Å². The standard InChI is InChI=1S/C13H11Cl2NO2/c1-17-10-5-9(16)6-11(7-10)18-13-4-8(14)2-3-12(13)15/h2-7H,16H2,1H3. The fourth-order valence-corrected chi connectivity index (χ4v) is 1.77. The number of nitrogen functional groups attached to an aromatic ring is 1. The van der Waals surface area contributed by atoms with E-state index >= 15 is 0 Å². The molecule has 2 aromatic rings. The van der Waals surface area contributed by atoms with Crippen LogP contribution in [0, 0.1) is 0 Å². The molecule has 0 heterocycles. The van der Waals surface area contributed by atoms with Gasteiger partial charge in [0.2, 0.25) is 0 Å². The topological polar surface area (TPSA) is 44.5 Å². The summed E-state index contributed by atoms with van der Waals surface area (Å²) >= 11 is 11.9. The van der Waals surface area contributed by atoms with Crippen LogP contribution in [0.1, 0.15) is 0 Å². The van der Waals surface area contributed by atoms with Crippen LogP contribution in [-0.2, 0) is 0 Å². The van der Waals surface area contributed by atoms with Crippen LogP contribution < -0.4 is 15.2 Å². The minimum atomic E-state index is 0.469. The van der Waals surface area contributed by atoms with E-state index in [0.29, 0.717) is 33.0 Å². The van der Waals surface area contributed by atoms with E-state index in [2.05, 4.69) is 0 Å². The molecule has 0 radical (unpaired) electrons. The van der Waals surface area contributed by atoms with Gasteiger partial charge in [-0.3, -0.25) is 0 Å². The summed E-state index contributed by atoms with van der Waals surface area (Å²) < 4.78 is 10.7. The molecule has 94 valence electrons. The van der Waals surface area contributed by atoms with Gasteiger partial charge in [-0.15, -0.1) is 0 Å². The second-order valence-electron chi connectivity index (χ2n) is 3.62. The maximum Gasteiger partial charge on any atom is 0.147 e. The second kappa shape index (κ2) is 5.38. The number of anilines is 1. The minimum absolute atomic E-state index is 0.469. The van der Waals surface area contributed by atoms with Crippen molar-refractivity contribution in [2.75, 3.05) is 12.8 Å². The van der Waals surface area contributed by atoms with Crippen LogP contribution in [0.15, 0.2) is 36.4 Å². The molecule has 5 heteroatoms. The molecule has 0 fully saturated rings. The van der Waals surface area contributed by atoms with Crippen molar-refractivity contribution < 1.29 is 9.47 Å². The van der Waals surface area contributed by atoms with Gasteiger partial charge in [0.15, 0.2) is 0 Å². The molecular weight excluding hydrogens is 273 g/mol. The van der Waals surface area contributed by atoms with Crippen molar-refractivity contribution >= 4 is 28.9 Å². The molecule has 3 nitrogen and oxygen atoms in total. The molecule has 2 aromatic carbocycles. The Bertz CT molecular complexity index is 573. The molecule has 0 atom stereocenters. The number of ether oxygens (including phenoxy) is 2. The van der Waals surface area contributed by atoms with E-state index in [4.69, 9.17) is 38.4 Å². The van der Waals surface area contributed by atoms with E-state index < -0.39 is 0 Å². The predicted octanol–water partition coefficient (Wildman–Crippen LogP) is 4.38. The van der Waals surface area contributed by atoms with Crippen LogP contribution in [0.2, 0.25) is 10.0 Å². The van der Waals surface area contributed by atoms with Gasteiger partial charge in [0, 0.05) is 35.0 Å². The number of rotatable bonds is 3. The summed E-state index contributed by atoms with van der Waals surface area (Å²) in [7, 11) is 1.56. The van der Waals surface area contributed by atoms with Crippen LogP contribution >= 0.6 is 23.2 Å². The molecule has 0 aliphatic rings. The largest absolute Gasteiger partial charge is 0.497 e. The zero-order chi connectivity index (χ0) is 13.1. The zero-order valence-electron chi connectivity index (χ0n) is 9.61. The van der Waals surface area contributed by atoms with Gasteiger partial charge in [0.25, 0.3) is 0 Å². The first-order chi connectivity index (χ1) is 8.58. The Kier molecular flexibility index (Phi) is 3.84. The molecule has 0 unspecified atom stereocenters. The predicted molar refractivity (Wildman–Crippen MR) is 73.9 cm³/mol. The average Bonchev–Trinajstić information content (AvgIpc) is 2.33. The lowest BCUT2D eigenvalue weighted by molar-refractivity contribution is 0.409. The fraction of sp³-hybridized carbons (Fsp3) is 0.0769. The number of nitrogens with two attached hydrogens (primary N) is 1. The van der Waals surface area contributed by atoms with Crippen molar-refractivity contribution in [3.05, 3.63) is 46.4 Å². The highest BCUT2D eigenvalue weighted by Crippen LogP contribution is 2.34. The van der Waals surface area contributed by atoms with Gasteiger partial charge in [-0.2, -0.15) is 0 Å². The molecule has 0 amide bonds. The van der Waals surface area contributed by atoms with E-state index in [1.165, 1.54) is 0 Å². The zero-order valence-corrected chi connectivity index (χ0v) is 11.1. The normalized spacial score (nSPS) is 10.2. The van der Waals surface area contributed by atoms with Crippen molar-refractivity contribution in [1.82, 2.24) is 0 Å². The Balaban J connectivity index is 2.33. The lowest BCUT2D eigenvalue weighted by atomic mass is 10.3. The quantitative estimate of drug-likeness (QED) is 0.851. The molecule has 0 bridgehead atoms. The first-order valence-corrected chi connectivity index (χ1v) is 5.91. The highest BCUT2D eigenvalue weighted by molar-refractivity contribution is 6.34. The average molecular weight is 284 g/mol. The van der Waals surface area contributed by atoms with E-state index in [1.807, 2.05) is 0 Å². The second-order valence-corrected chi connectivity index (χ2v) is 4.46. The summed E-state index contributed by atoms with van der Waals surface area (Å²) in [5, 5.41) is 1.02. The Morgan fingerprint density at radius 1 is 1.00 bits per heavy atom. The number of methoxy groups -OCH3 is 1. The molecule has 0 saturated heterocycles. The van der Waals surface area contributed by atoms with E-state index in [-0.39, 0.29) is 0 Å². The van der Waals surface area contributed by atoms with Gasteiger partial charge in [-0.25, -0.2) is 0 Å². The first kappa shape index (κ1) is 12.9. The fourth-order valence-electron chi connectivity index (χ4n) is 1.45. The summed E-state index contributed by atoms with van der Waals surface area (Å²) in [6.07, 6.45) is 0. The maximum absolute atomic E-state index is 6.01. The van der Waals surface area contributed by atoms with Gasteiger partial charge in [0.1, 0.15) is 17.2 Å². The third-order valence-electron chi connectivity index (χ3n) is 2.26. The highest BCUT2D eigenvalue weighted by atomic mass is 35.5. The molecule has 0 spiro atoms. The number of benzene rings is 2. The minimum Gasteiger partial charge on any atom is -0.497 e. The summed E-state index contributed by atoms with van der Waals surface area (Å²) in [5.74, 6) is 1.62. The van der Waals surface area contributed by atoms with E-state index in [1.54, 1.807) is 43.5 Å². The molecule has 0 aliphatic carbocycles. The lowest BCUT2D eigenvalue weighted by Gasteiger charge is -2.10. The van der Waals surface area contributed by atoms with E-state index in [0.717, 1.165) is 0 Å². The summed E-state index contributed by atoms with van der Waals surface area (Å²) in [6.45, 7) is 0. The Morgan fingerprint density at radius 2 is 1.72 bits per heavy atom. The molecule has 0 saturated carbocycles. The van der Waals surface area contributed by atoms with Gasteiger partial charge >= 0.3 is 0 Å². The van der Waals surface area contributed by atoms with Gasteiger partial charge < -0.3 is 15.2 Å². The lowest BCUT2D eigenvalue weighted by Crippen LogP contribution is -1.91. The Morgan fingerprint density at radius 3 is 2.44 bits per heavy atom. The third kappa shape index (κ3) is 3.00. The highest BCUT2D eigenvalue weighted by Gasteiger charge is 2.06. The van der Waals surface area contributed by atoms with Gasteiger partial charge in [-0.1, -0.05) is 23.2 Å². The first-order valence-electron chi connectivity index (χ1n) is 5.16. The van der Waals surface area contributed by atoms with Crippen LogP contribution in [0.3, 0.4) is 0 Å². The van der Waals surface area contributed by atoms with Crippen molar-refractivity contribution in [2.24, 2.45) is 0 Å². The van der Waals surface area contributed by atoms with Gasteiger partial charge in [-0.05, 0) is 12.1 Å². The van der Waals surface area contributed by atoms with Crippen LogP contribution in [0.25, 0.3) is 0 Å². The van der Waals surface area contributed by atoms with Crippen LogP contribution in [0.5, 0.6) is 17.2 Å². The third-order valence-corrected chi connectivity index (χ3v) is 2.81. The Hall–Kier alpha value is -1.58. The Labute approximate surface area is 115 Å². The molecule has 18 heavy (non-hydrogen) atoms. The smallest absolute Gasteiger partial charge is 0.147 e. The summed E-state index contributed by atoms with van der Waals surface area (Å²) in [6, 6.07) is 10.1. The van der Waals surface area contributed by atoms with Gasteiger partial charge in [0.05, 0.1) is 12.1 Å². The van der Waals surface area contributed by atoms with Crippen molar-refractivity contribution in [1.29, 1.82) is 0 Å². The summed E-state index contributed by atoms with van der Waals surface area (Å²) in [5.41, 5.74) is 6.28. The maximum atomic E-state index is 6.01. The number of halogens is 2. The molecular formula is C13H11Cl2NO2. The van der Waals surface area contributed by atoms with Crippen molar-refractivity contribution in [3.63, 3.8) is 0 Å². The van der Waals surface area contributed by atoms with Crippen molar-refractivity contribution in [2.45, 2.75) is 0 Å². The molecule has 0 aliphatic heterocycles. The monoisotopic (exact) mass is 283 g/mol. The molecule has 0 aromatic heterocycles. The molecule has 2 rings (SSSR count). The summed E-state index contributed by atoms with van der Waals surface area (Å²) in [4.78, 5) is 0. The van der Waals surface area contributed by atoms with E-state index in [9.17, 15) is 0 Å². The number of hydrogen-bond donors (Lipinski definition) is 1. The SMILES string of the molecule is COc1cc(N)cc(Oc2cc(Cl)ccc2Cl)c1. The number of hydrogen-bond acceptors (Lipinski definition) is 3. The van der Waals surface area contributed by atoms with Crippen LogP contribution in [0.4, 0.5) is 5.69 Å².